The molecule has 1 aromatic heterocycles. The van der Waals surface area contributed by atoms with E-state index in [9.17, 15) is 0 Å². The van der Waals surface area contributed by atoms with Crippen molar-refractivity contribution in [3.63, 3.8) is 0 Å². The van der Waals surface area contributed by atoms with Gasteiger partial charge in [0.15, 0.2) is 4.77 Å². The first-order valence-corrected chi connectivity index (χ1v) is 6.92. The van der Waals surface area contributed by atoms with E-state index in [-0.39, 0.29) is 0 Å². The lowest BCUT2D eigenvalue weighted by Gasteiger charge is -2.05. The molecule has 2 nitrogen and oxygen atoms in total. The maximum Gasteiger partial charge on any atom is 0.178 e. The van der Waals surface area contributed by atoms with Crippen molar-refractivity contribution in [3.8, 4) is 0 Å². The van der Waals surface area contributed by atoms with E-state index >= 15 is 0 Å². The van der Waals surface area contributed by atoms with E-state index in [4.69, 9.17) is 35.4 Å². The molecule has 0 saturated carbocycles. The molecule has 0 saturated heterocycles. The van der Waals surface area contributed by atoms with Crippen LogP contribution in [0.3, 0.4) is 0 Å². The number of aromatic nitrogens is 2. The van der Waals surface area contributed by atoms with Crippen molar-refractivity contribution >= 4 is 46.5 Å². The largest absolute Gasteiger partial charge is 0.331 e. The van der Waals surface area contributed by atoms with Gasteiger partial charge in [0.2, 0.25) is 0 Å². The number of rotatable bonds is 2. The predicted molar refractivity (Wildman–Crippen MR) is 82.7 cm³/mol. The quantitative estimate of drug-likeness (QED) is 0.657. The Balaban J connectivity index is 2.10. The van der Waals surface area contributed by atoms with E-state index in [1.165, 1.54) is 0 Å². The molecule has 0 unspecified atom stereocenters. The smallest absolute Gasteiger partial charge is 0.178 e. The number of hydrogen-bond donors (Lipinski definition) is 1. The Morgan fingerprint density at radius 3 is 2.63 bits per heavy atom. The van der Waals surface area contributed by atoms with Gasteiger partial charge in [0, 0.05) is 10.0 Å². The Bertz CT molecular complexity index is 805. The molecule has 19 heavy (non-hydrogen) atoms. The molecule has 0 spiro atoms. The second-order valence-corrected chi connectivity index (χ2v) is 5.57. The van der Waals surface area contributed by atoms with Gasteiger partial charge in [0.05, 0.1) is 17.6 Å². The average molecular weight is 309 g/mol. The lowest BCUT2D eigenvalue weighted by atomic mass is 10.2. The maximum absolute atomic E-state index is 6.00. The fraction of sp³-hybridized carbons (Fsp3) is 0.0714. The van der Waals surface area contributed by atoms with E-state index in [0.717, 1.165) is 21.6 Å². The zero-order valence-electron chi connectivity index (χ0n) is 9.86. The normalized spacial score (nSPS) is 11.1. The summed E-state index contributed by atoms with van der Waals surface area (Å²) in [6.07, 6.45) is 0. The fourth-order valence-corrected chi connectivity index (χ4v) is 2.77. The van der Waals surface area contributed by atoms with Crippen molar-refractivity contribution in [1.29, 1.82) is 0 Å². The first-order chi connectivity index (χ1) is 9.13. The van der Waals surface area contributed by atoms with Crippen LogP contribution in [0.25, 0.3) is 11.0 Å². The predicted octanol–water partition coefficient (Wildman–Crippen LogP) is 5.05. The summed E-state index contributed by atoms with van der Waals surface area (Å²) in [6, 6.07) is 13.5. The lowest BCUT2D eigenvalue weighted by Crippen LogP contribution is -1.99. The third-order valence-corrected chi connectivity index (χ3v) is 3.76. The number of imidazole rings is 1. The summed E-state index contributed by atoms with van der Waals surface area (Å²) in [5, 5.41) is 1.42. The molecule has 0 aliphatic carbocycles. The van der Waals surface area contributed by atoms with Crippen LogP contribution in [-0.4, -0.2) is 9.55 Å². The van der Waals surface area contributed by atoms with Gasteiger partial charge in [-0.05, 0) is 48.1 Å². The van der Waals surface area contributed by atoms with Crippen LogP contribution in [0.2, 0.25) is 10.0 Å². The van der Waals surface area contributed by atoms with Gasteiger partial charge in [-0.3, -0.25) is 0 Å². The third-order valence-electron chi connectivity index (χ3n) is 2.97. The first kappa shape index (κ1) is 12.7. The zero-order chi connectivity index (χ0) is 13.4. The number of nitrogens with zero attached hydrogens (tertiary/aromatic N) is 1. The highest BCUT2D eigenvalue weighted by Gasteiger charge is 2.05. The van der Waals surface area contributed by atoms with E-state index in [2.05, 4.69) is 4.98 Å². The summed E-state index contributed by atoms with van der Waals surface area (Å²) in [7, 11) is 0. The number of hydrogen-bond acceptors (Lipinski definition) is 1. The molecule has 0 bridgehead atoms. The highest BCUT2D eigenvalue weighted by atomic mass is 35.5. The van der Waals surface area contributed by atoms with Crippen LogP contribution in [0.5, 0.6) is 0 Å². The van der Waals surface area contributed by atoms with E-state index in [1.807, 2.05) is 47.0 Å². The topological polar surface area (TPSA) is 20.7 Å². The summed E-state index contributed by atoms with van der Waals surface area (Å²) in [5.74, 6) is 0. The minimum atomic E-state index is 0.678. The number of benzene rings is 2. The fourth-order valence-electron chi connectivity index (χ4n) is 2.11. The van der Waals surface area contributed by atoms with E-state index in [1.54, 1.807) is 0 Å². The first-order valence-electron chi connectivity index (χ1n) is 5.76. The SMILES string of the molecule is S=c1[nH]c2cc(Cl)ccc2n1Cc1cccc(Cl)c1. The van der Waals surface area contributed by atoms with Gasteiger partial charge < -0.3 is 9.55 Å². The van der Waals surface area contributed by atoms with Crippen LogP contribution in [0.4, 0.5) is 0 Å². The Kier molecular flexibility index (Phi) is 3.35. The molecule has 1 heterocycles. The van der Waals surface area contributed by atoms with Gasteiger partial charge in [0.25, 0.3) is 0 Å². The molecular weight excluding hydrogens is 299 g/mol. The minimum Gasteiger partial charge on any atom is -0.331 e. The molecule has 2 aromatic carbocycles. The van der Waals surface area contributed by atoms with Gasteiger partial charge in [-0.25, -0.2) is 0 Å². The van der Waals surface area contributed by atoms with Gasteiger partial charge in [-0.15, -0.1) is 0 Å². The summed E-state index contributed by atoms with van der Waals surface area (Å²) >= 11 is 17.3. The number of nitrogens with one attached hydrogen (secondary N) is 1. The second-order valence-electron chi connectivity index (χ2n) is 4.31. The molecule has 0 aliphatic heterocycles. The molecule has 96 valence electrons. The molecule has 0 aliphatic rings. The Morgan fingerprint density at radius 2 is 1.84 bits per heavy atom. The number of halogens is 2. The molecule has 0 radical (unpaired) electrons. The van der Waals surface area contributed by atoms with Crippen molar-refractivity contribution in [3.05, 3.63) is 62.8 Å². The van der Waals surface area contributed by atoms with Gasteiger partial charge in [-0.1, -0.05) is 35.3 Å². The van der Waals surface area contributed by atoms with Crippen molar-refractivity contribution in [1.82, 2.24) is 9.55 Å². The molecule has 0 amide bonds. The molecule has 5 heteroatoms. The van der Waals surface area contributed by atoms with Crippen molar-refractivity contribution in [2.75, 3.05) is 0 Å². The van der Waals surface area contributed by atoms with Gasteiger partial charge in [0.1, 0.15) is 0 Å². The third kappa shape index (κ3) is 2.54. The molecule has 0 fully saturated rings. The van der Waals surface area contributed by atoms with Crippen LogP contribution in [0.1, 0.15) is 5.56 Å². The second kappa shape index (κ2) is 5.00. The van der Waals surface area contributed by atoms with E-state index in [0.29, 0.717) is 16.3 Å². The zero-order valence-corrected chi connectivity index (χ0v) is 12.2. The van der Waals surface area contributed by atoms with E-state index < -0.39 is 0 Å². The van der Waals surface area contributed by atoms with Crippen molar-refractivity contribution in [2.24, 2.45) is 0 Å². The summed E-state index contributed by atoms with van der Waals surface area (Å²) in [6.45, 7) is 0.682. The molecule has 3 aromatic rings. The summed E-state index contributed by atoms with van der Waals surface area (Å²) in [5.41, 5.74) is 3.09. The lowest BCUT2D eigenvalue weighted by molar-refractivity contribution is 0.810. The van der Waals surface area contributed by atoms with Crippen LogP contribution in [0.15, 0.2) is 42.5 Å². The Labute approximate surface area is 125 Å². The van der Waals surface area contributed by atoms with Crippen LogP contribution < -0.4 is 0 Å². The minimum absolute atomic E-state index is 0.678. The number of H-pyrrole nitrogens is 1. The van der Waals surface area contributed by atoms with Crippen LogP contribution in [0, 0.1) is 4.77 Å². The highest BCUT2D eigenvalue weighted by molar-refractivity contribution is 7.71. The van der Waals surface area contributed by atoms with Crippen LogP contribution in [-0.2, 0) is 6.54 Å². The molecule has 0 atom stereocenters. The highest BCUT2D eigenvalue weighted by Crippen LogP contribution is 2.21. The number of aromatic amines is 1. The summed E-state index contributed by atoms with van der Waals surface area (Å²) < 4.78 is 2.71. The average Bonchev–Trinajstić information content (AvgIpc) is 2.65. The van der Waals surface area contributed by atoms with Gasteiger partial charge in [-0.2, -0.15) is 0 Å². The molecule has 1 N–H and O–H groups in total. The molecular formula is C14H10Cl2N2S. The van der Waals surface area contributed by atoms with Crippen molar-refractivity contribution < 1.29 is 0 Å². The number of fused-ring (bicyclic) bond motifs is 1. The van der Waals surface area contributed by atoms with Crippen LogP contribution >= 0.6 is 35.4 Å². The Morgan fingerprint density at radius 1 is 1.05 bits per heavy atom. The maximum atomic E-state index is 6.00. The van der Waals surface area contributed by atoms with Gasteiger partial charge >= 0.3 is 0 Å². The summed E-state index contributed by atoms with van der Waals surface area (Å²) in [4.78, 5) is 3.16. The Hall–Kier alpha value is -1.29. The monoisotopic (exact) mass is 308 g/mol. The molecule has 3 rings (SSSR count). The standard InChI is InChI=1S/C14H10Cl2N2S/c15-10-3-1-2-9(6-10)8-18-13-5-4-11(16)7-12(13)17-14(18)19/h1-7H,8H2,(H,17,19). The van der Waals surface area contributed by atoms with Crippen molar-refractivity contribution in [2.45, 2.75) is 6.54 Å².